The van der Waals surface area contributed by atoms with Gasteiger partial charge in [0, 0.05) is 17.1 Å². The monoisotopic (exact) mass is 305 g/mol. The van der Waals surface area contributed by atoms with Gasteiger partial charge in [-0.2, -0.15) is 0 Å². The van der Waals surface area contributed by atoms with Crippen LogP contribution in [0.2, 0.25) is 5.02 Å². The van der Waals surface area contributed by atoms with Gasteiger partial charge in [-0.05, 0) is 49.2 Å². The fraction of sp³-hybridized carbons (Fsp3) is 0.294. The first-order chi connectivity index (χ1) is 10.0. The van der Waals surface area contributed by atoms with Crippen molar-refractivity contribution in [2.75, 3.05) is 7.11 Å². The zero-order valence-electron chi connectivity index (χ0n) is 12.4. The molecule has 2 atom stereocenters. The maximum atomic E-state index is 9.65. The highest BCUT2D eigenvalue weighted by atomic mass is 35.5. The van der Waals surface area contributed by atoms with Crippen LogP contribution in [0.15, 0.2) is 42.5 Å². The Labute approximate surface area is 130 Å². The molecule has 2 rings (SSSR count). The molecule has 2 aromatic carbocycles. The number of ether oxygens (including phenoxy) is 1. The van der Waals surface area contributed by atoms with Gasteiger partial charge < -0.3 is 15.2 Å². The Bertz CT molecular complexity index is 615. The lowest BCUT2D eigenvalue weighted by molar-refractivity contribution is 0.371. The van der Waals surface area contributed by atoms with Crippen LogP contribution in [0.5, 0.6) is 11.5 Å². The van der Waals surface area contributed by atoms with Crippen LogP contribution in [0.4, 0.5) is 0 Å². The summed E-state index contributed by atoms with van der Waals surface area (Å²) in [6.07, 6.45) is 0. The molecule has 0 amide bonds. The molecule has 4 heteroatoms. The van der Waals surface area contributed by atoms with Gasteiger partial charge in [0.2, 0.25) is 0 Å². The van der Waals surface area contributed by atoms with Crippen molar-refractivity contribution in [1.29, 1.82) is 0 Å². The first-order valence-electron chi connectivity index (χ1n) is 6.89. The SMILES string of the molecule is COc1cc(C(C)N[C@H](C)c2cccc(Cl)c2)ccc1O. The highest BCUT2D eigenvalue weighted by Crippen LogP contribution is 2.30. The molecule has 0 aromatic heterocycles. The average molecular weight is 306 g/mol. The fourth-order valence-electron chi connectivity index (χ4n) is 2.31. The molecule has 21 heavy (non-hydrogen) atoms. The standard InChI is InChI=1S/C17H20ClNO2/c1-11(13-5-4-6-15(18)9-13)19-12(2)14-7-8-16(20)17(10-14)21-3/h4-12,19-20H,1-3H3/t11-,12?/m1/s1. The van der Waals surface area contributed by atoms with Crippen LogP contribution in [0, 0.1) is 0 Å². The van der Waals surface area contributed by atoms with Crippen LogP contribution >= 0.6 is 11.6 Å². The van der Waals surface area contributed by atoms with E-state index >= 15 is 0 Å². The molecule has 1 unspecified atom stereocenters. The molecule has 0 aliphatic heterocycles. The predicted molar refractivity (Wildman–Crippen MR) is 86.1 cm³/mol. The van der Waals surface area contributed by atoms with E-state index in [0.717, 1.165) is 16.1 Å². The summed E-state index contributed by atoms with van der Waals surface area (Å²) in [4.78, 5) is 0. The first kappa shape index (κ1) is 15.7. The van der Waals surface area contributed by atoms with E-state index in [1.54, 1.807) is 13.2 Å². The molecule has 0 radical (unpaired) electrons. The average Bonchev–Trinajstić information content (AvgIpc) is 2.47. The summed E-state index contributed by atoms with van der Waals surface area (Å²) in [5.41, 5.74) is 2.19. The Morgan fingerprint density at radius 1 is 1.05 bits per heavy atom. The molecule has 0 fully saturated rings. The molecular weight excluding hydrogens is 286 g/mol. The minimum absolute atomic E-state index is 0.119. The third-order valence-corrected chi connectivity index (χ3v) is 3.79. The number of benzene rings is 2. The molecule has 0 aliphatic rings. The minimum atomic E-state index is 0.119. The number of hydrogen-bond donors (Lipinski definition) is 2. The Morgan fingerprint density at radius 3 is 2.33 bits per heavy atom. The fourth-order valence-corrected chi connectivity index (χ4v) is 2.51. The van der Waals surface area contributed by atoms with E-state index in [1.165, 1.54) is 0 Å². The molecule has 2 aromatic rings. The number of phenolic OH excluding ortho intramolecular Hbond substituents is 1. The lowest BCUT2D eigenvalue weighted by atomic mass is 10.0. The number of methoxy groups -OCH3 is 1. The largest absolute Gasteiger partial charge is 0.504 e. The number of nitrogens with one attached hydrogen (secondary N) is 1. The van der Waals surface area contributed by atoms with E-state index in [-0.39, 0.29) is 17.8 Å². The second-order valence-corrected chi connectivity index (χ2v) is 5.53. The second kappa shape index (κ2) is 6.83. The summed E-state index contributed by atoms with van der Waals surface area (Å²) in [5.74, 6) is 0.632. The van der Waals surface area contributed by atoms with Crippen molar-refractivity contribution in [2.24, 2.45) is 0 Å². The molecule has 2 N–H and O–H groups in total. The number of aromatic hydroxyl groups is 1. The van der Waals surface area contributed by atoms with Crippen molar-refractivity contribution < 1.29 is 9.84 Å². The predicted octanol–water partition coefficient (Wildman–Crippen LogP) is 4.47. The summed E-state index contributed by atoms with van der Waals surface area (Å²) in [6.45, 7) is 4.17. The summed E-state index contributed by atoms with van der Waals surface area (Å²) in [5, 5.41) is 13.9. The maximum Gasteiger partial charge on any atom is 0.160 e. The van der Waals surface area contributed by atoms with Gasteiger partial charge in [0.15, 0.2) is 11.5 Å². The van der Waals surface area contributed by atoms with E-state index in [2.05, 4.69) is 19.2 Å². The van der Waals surface area contributed by atoms with Crippen molar-refractivity contribution in [2.45, 2.75) is 25.9 Å². The maximum absolute atomic E-state index is 9.65. The molecule has 0 saturated heterocycles. The second-order valence-electron chi connectivity index (χ2n) is 5.10. The molecule has 0 heterocycles. The topological polar surface area (TPSA) is 41.5 Å². The highest BCUT2D eigenvalue weighted by molar-refractivity contribution is 6.30. The molecule has 0 aliphatic carbocycles. The van der Waals surface area contributed by atoms with Crippen LogP contribution in [0.1, 0.15) is 37.1 Å². The van der Waals surface area contributed by atoms with E-state index in [4.69, 9.17) is 16.3 Å². The van der Waals surface area contributed by atoms with Gasteiger partial charge in [0.05, 0.1) is 7.11 Å². The van der Waals surface area contributed by atoms with Gasteiger partial charge in [0.1, 0.15) is 0 Å². The van der Waals surface area contributed by atoms with Crippen molar-refractivity contribution in [3.05, 3.63) is 58.6 Å². The Balaban J connectivity index is 2.12. The van der Waals surface area contributed by atoms with E-state index < -0.39 is 0 Å². The number of halogens is 1. The molecular formula is C17H20ClNO2. The van der Waals surface area contributed by atoms with Gasteiger partial charge in [0.25, 0.3) is 0 Å². The summed E-state index contributed by atoms with van der Waals surface area (Å²) >= 11 is 6.03. The normalized spacial score (nSPS) is 13.7. The third-order valence-electron chi connectivity index (χ3n) is 3.55. The summed E-state index contributed by atoms with van der Waals surface area (Å²) in [6, 6.07) is 13.5. The lowest BCUT2D eigenvalue weighted by Gasteiger charge is -2.21. The van der Waals surface area contributed by atoms with Crippen LogP contribution in [0.3, 0.4) is 0 Å². The molecule has 0 saturated carbocycles. The van der Waals surface area contributed by atoms with E-state index in [0.29, 0.717) is 5.75 Å². The van der Waals surface area contributed by atoms with Crippen molar-refractivity contribution >= 4 is 11.6 Å². The Morgan fingerprint density at radius 2 is 1.71 bits per heavy atom. The van der Waals surface area contributed by atoms with Crippen LogP contribution < -0.4 is 10.1 Å². The molecule has 0 spiro atoms. The van der Waals surface area contributed by atoms with Crippen molar-refractivity contribution in [3.8, 4) is 11.5 Å². The Kier molecular flexibility index (Phi) is 5.10. The van der Waals surface area contributed by atoms with E-state index in [1.807, 2.05) is 36.4 Å². The van der Waals surface area contributed by atoms with Crippen molar-refractivity contribution in [3.63, 3.8) is 0 Å². The number of hydrogen-bond acceptors (Lipinski definition) is 3. The number of rotatable bonds is 5. The zero-order chi connectivity index (χ0) is 15.4. The first-order valence-corrected chi connectivity index (χ1v) is 7.27. The lowest BCUT2D eigenvalue weighted by Crippen LogP contribution is -2.22. The molecule has 0 bridgehead atoms. The minimum Gasteiger partial charge on any atom is -0.504 e. The Hall–Kier alpha value is -1.71. The molecule has 3 nitrogen and oxygen atoms in total. The highest BCUT2D eigenvalue weighted by Gasteiger charge is 2.13. The van der Waals surface area contributed by atoms with Gasteiger partial charge in [-0.15, -0.1) is 0 Å². The van der Waals surface area contributed by atoms with Gasteiger partial charge in [-0.25, -0.2) is 0 Å². The third kappa shape index (κ3) is 3.90. The quantitative estimate of drug-likeness (QED) is 0.856. The van der Waals surface area contributed by atoms with Crippen LogP contribution in [-0.4, -0.2) is 12.2 Å². The smallest absolute Gasteiger partial charge is 0.160 e. The van der Waals surface area contributed by atoms with Crippen molar-refractivity contribution in [1.82, 2.24) is 5.32 Å². The van der Waals surface area contributed by atoms with Gasteiger partial charge in [-0.3, -0.25) is 0 Å². The zero-order valence-corrected chi connectivity index (χ0v) is 13.2. The summed E-state index contributed by atoms with van der Waals surface area (Å²) in [7, 11) is 1.55. The van der Waals surface area contributed by atoms with Gasteiger partial charge >= 0.3 is 0 Å². The molecule has 112 valence electrons. The number of phenols is 1. The summed E-state index contributed by atoms with van der Waals surface area (Å²) < 4.78 is 5.15. The van der Waals surface area contributed by atoms with Crippen LogP contribution in [0.25, 0.3) is 0 Å². The van der Waals surface area contributed by atoms with E-state index in [9.17, 15) is 5.11 Å². The van der Waals surface area contributed by atoms with Crippen LogP contribution in [-0.2, 0) is 0 Å². The van der Waals surface area contributed by atoms with Gasteiger partial charge in [-0.1, -0.05) is 29.8 Å².